The number of sulfonamides is 1. The topological polar surface area (TPSA) is 89.7 Å². The number of nitrogens with two attached hydrogens (primary N) is 1. The van der Waals surface area contributed by atoms with Crippen molar-refractivity contribution in [2.45, 2.75) is 17.7 Å². The van der Waals surface area contributed by atoms with E-state index in [1.54, 1.807) is 12.1 Å². The Hall–Kier alpha value is -1.60. The van der Waals surface area contributed by atoms with E-state index < -0.39 is 10.0 Å². The number of piperidine rings is 1. The van der Waals surface area contributed by atoms with Crippen molar-refractivity contribution in [2.75, 3.05) is 20.2 Å². The van der Waals surface area contributed by atoms with Crippen molar-refractivity contribution in [2.24, 2.45) is 11.7 Å². The lowest BCUT2D eigenvalue weighted by Gasteiger charge is -2.29. The van der Waals surface area contributed by atoms with Crippen molar-refractivity contribution < 1.29 is 17.9 Å². The molecule has 0 bridgehead atoms. The van der Waals surface area contributed by atoms with Gasteiger partial charge in [-0.1, -0.05) is 6.07 Å². The molecule has 6 nitrogen and oxygen atoms in total. The minimum absolute atomic E-state index is 0.203. The molecule has 0 saturated carbocycles. The summed E-state index contributed by atoms with van der Waals surface area (Å²) in [6, 6.07) is 6.37. The number of methoxy groups -OCH3 is 1. The van der Waals surface area contributed by atoms with Gasteiger partial charge in [-0.2, -0.15) is 4.31 Å². The molecule has 0 aromatic heterocycles. The number of hydrogen-bond acceptors (Lipinski definition) is 4. The first-order valence-corrected chi connectivity index (χ1v) is 7.82. The van der Waals surface area contributed by atoms with Crippen LogP contribution in [0.5, 0.6) is 5.75 Å². The van der Waals surface area contributed by atoms with Gasteiger partial charge in [-0.3, -0.25) is 4.79 Å². The minimum Gasteiger partial charge on any atom is -0.497 e. The number of carbonyl (C=O) groups excluding carboxylic acids is 1. The molecule has 0 aliphatic carbocycles. The smallest absolute Gasteiger partial charge is 0.243 e. The number of hydrogen-bond donors (Lipinski definition) is 1. The highest BCUT2D eigenvalue weighted by Crippen LogP contribution is 2.25. The molecule has 1 aliphatic heterocycles. The second-order valence-corrected chi connectivity index (χ2v) is 6.70. The van der Waals surface area contributed by atoms with Crippen LogP contribution < -0.4 is 10.5 Å². The van der Waals surface area contributed by atoms with E-state index in [2.05, 4.69) is 0 Å². The maximum absolute atomic E-state index is 12.5. The average Bonchev–Trinajstić information content (AvgIpc) is 2.47. The molecule has 0 unspecified atom stereocenters. The molecule has 1 fully saturated rings. The summed E-state index contributed by atoms with van der Waals surface area (Å²) in [5, 5.41) is 0. The van der Waals surface area contributed by atoms with E-state index in [1.165, 1.54) is 23.5 Å². The standard InChI is InChI=1S/C13H18N2O4S/c1-19-11-3-2-4-12(9-11)20(17,18)15-7-5-10(6-8-15)13(14)16/h2-4,9-10H,5-8H2,1H3,(H2,14,16). The fourth-order valence-corrected chi connectivity index (χ4v) is 3.80. The van der Waals surface area contributed by atoms with Gasteiger partial charge < -0.3 is 10.5 Å². The van der Waals surface area contributed by atoms with Gasteiger partial charge in [0.2, 0.25) is 15.9 Å². The van der Waals surface area contributed by atoms with Crippen LogP contribution in [-0.2, 0) is 14.8 Å². The van der Waals surface area contributed by atoms with E-state index in [0.717, 1.165) is 0 Å². The van der Waals surface area contributed by atoms with Crippen LogP contribution in [0, 0.1) is 5.92 Å². The second-order valence-electron chi connectivity index (χ2n) is 4.76. The minimum atomic E-state index is -3.54. The molecule has 20 heavy (non-hydrogen) atoms. The maximum Gasteiger partial charge on any atom is 0.243 e. The van der Waals surface area contributed by atoms with Crippen LogP contribution in [0.1, 0.15) is 12.8 Å². The fourth-order valence-electron chi connectivity index (χ4n) is 2.29. The van der Waals surface area contributed by atoms with Crippen molar-refractivity contribution in [1.82, 2.24) is 4.31 Å². The molecule has 0 atom stereocenters. The van der Waals surface area contributed by atoms with E-state index in [-0.39, 0.29) is 16.7 Å². The summed E-state index contributed by atoms with van der Waals surface area (Å²) in [4.78, 5) is 11.3. The Morgan fingerprint density at radius 3 is 2.55 bits per heavy atom. The molecule has 7 heteroatoms. The van der Waals surface area contributed by atoms with Gasteiger partial charge >= 0.3 is 0 Å². The van der Waals surface area contributed by atoms with Gasteiger partial charge in [0, 0.05) is 25.1 Å². The predicted octanol–water partition coefficient (Wildman–Crippen LogP) is 0.581. The summed E-state index contributed by atoms with van der Waals surface area (Å²) < 4.78 is 31.4. The lowest BCUT2D eigenvalue weighted by Crippen LogP contribution is -2.41. The van der Waals surface area contributed by atoms with Crippen LogP contribution in [0.3, 0.4) is 0 Å². The fraction of sp³-hybridized carbons (Fsp3) is 0.462. The van der Waals surface area contributed by atoms with Crippen molar-refractivity contribution in [3.63, 3.8) is 0 Å². The molecule has 1 heterocycles. The van der Waals surface area contributed by atoms with E-state index in [9.17, 15) is 13.2 Å². The zero-order chi connectivity index (χ0) is 14.8. The molecular formula is C13H18N2O4S. The number of nitrogens with zero attached hydrogens (tertiary/aromatic N) is 1. The molecule has 110 valence electrons. The van der Waals surface area contributed by atoms with Crippen LogP contribution in [0.25, 0.3) is 0 Å². The normalized spacial score (nSPS) is 17.9. The first kappa shape index (κ1) is 14.8. The van der Waals surface area contributed by atoms with E-state index in [4.69, 9.17) is 10.5 Å². The molecule has 1 amide bonds. The highest BCUT2D eigenvalue weighted by Gasteiger charge is 2.31. The van der Waals surface area contributed by atoms with Crippen LogP contribution in [-0.4, -0.2) is 38.8 Å². The van der Waals surface area contributed by atoms with Gasteiger partial charge in [-0.15, -0.1) is 0 Å². The molecule has 1 aromatic rings. The third kappa shape index (κ3) is 2.94. The third-order valence-electron chi connectivity index (χ3n) is 3.54. The number of primary amides is 1. The largest absolute Gasteiger partial charge is 0.497 e. The molecule has 2 N–H and O–H groups in total. The van der Waals surface area contributed by atoms with Crippen LogP contribution in [0.2, 0.25) is 0 Å². The third-order valence-corrected chi connectivity index (χ3v) is 5.43. The summed E-state index contributed by atoms with van der Waals surface area (Å²) >= 11 is 0. The van der Waals surface area contributed by atoms with Crippen LogP contribution in [0.15, 0.2) is 29.2 Å². The summed E-state index contributed by atoms with van der Waals surface area (Å²) in [6.07, 6.45) is 0.942. The highest BCUT2D eigenvalue weighted by molar-refractivity contribution is 7.89. The van der Waals surface area contributed by atoms with Crippen LogP contribution >= 0.6 is 0 Å². The summed E-state index contributed by atoms with van der Waals surface area (Å²) in [6.45, 7) is 0.625. The quantitative estimate of drug-likeness (QED) is 0.880. The molecule has 1 aromatic carbocycles. The van der Waals surface area contributed by atoms with Gasteiger partial charge in [0.1, 0.15) is 5.75 Å². The van der Waals surface area contributed by atoms with Crippen LogP contribution in [0.4, 0.5) is 0 Å². The lowest BCUT2D eigenvalue weighted by atomic mass is 9.98. The van der Waals surface area contributed by atoms with E-state index in [1.807, 2.05) is 0 Å². The zero-order valence-corrected chi connectivity index (χ0v) is 12.1. The Kier molecular flexibility index (Phi) is 4.29. The van der Waals surface area contributed by atoms with Crippen molar-refractivity contribution in [1.29, 1.82) is 0 Å². The van der Waals surface area contributed by atoms with Gasteiger partial charge in [-0.25, -0.2) is 8.42 Å². The molecule has 0 radical (unpaired) electrons. The SMILES string of the molecule is COc1cccc(S(=O)(=O)N2CCC(C(N)=O)CC2)c1. The average molecular weight is 298 g/mol. The summed E-state index contributed by atoms with van der Waals surface area (Å²) in [7, 11) is -2.05. The number of rotatable bonds is 4. The van der Waals surface area contributed by atoms with E-state index in [0.29, 0.717) is 31.7 Å². The molecule has 1 saturated heterocycles. The molecule has 2 rings (SSSR count). The van der Waals surface area contributed by atoms with Crippen molar-refractivity contribution in [3.8, 4) is 5.75 Å². The monoisotopic (exact) mass is 298 g/mol. The first-order valence-electron chi connectivity index (χ1n) is 6.38. The Bertz CT molecular complexity index is 592. The van der Waals surface area contributed by atoms with E-state index >= 15 is 0 Å². The Labute approximate surface area is 118 Å². The Morgan fingerprint density at radius 2 is 2.00 bits per heavy atom. The lowest BCUT2D eigenvalue weighted by molar-refractivity contribution is -0.122. The molecular weight excluding hydrogens is 280 g/mol. The zero-order valence-electron chi connectivity index (χ0n) is 11.3. The maximum atomic E-state index is 12.5. The predicted molar refractivity (Wildman–Crippen MR) is 73.7 cm³/mol. The van der Waals surface area contributed by atoms with Gasteiger partial charge in [0.15, 0.2) is 0 Å². The van der Waals surface area contributed by atoms with Crippen molar-refractivity contribution in [3.05, 3.63) is 24.3 Å². The summed E-state index contributed by atoms with van der Waals surface area (Å²) in [5.74, 6) is -0.0896. The first-order chi connectivity index (χ1) is 9.45. The number of amides is 1. The number of ether oxygens (including phenoxy) is 1. The number of benzene rings is 1. The second kappa shape index (κ2) is 5.80. The van der Waals surface area contributed by atoms with Gasteiger partial charge in [0.25, 0.3) is 0 Å². The highest BCUT2D eigenvalue weighted by atomic mass is 32.2. The Balaban J connectivity index is 2.17. The molecule has 0 spiro atoms. The molecule has 1 aliphatic rings. The van der Waals surface area contributed by atoms with Crippen molar-refractivity contribution >= 4 is 15.9 Å². The van der Waals surface area contributed by atoms with Gasteiger partial charge in [-0.05, 0) is 25.0 Å². The number of carbonyl (C=O) groups is 1. The Morgan fingerprint density at radius 1 is 1.35 bits per heavy atom. The van der Waals surface area contributed by atoms with Gasteiger partial charge in [0.05, 0.1) is 12.0 Å². The summed E-state index contributed by atoms with van der Waals surface area (Å²) in [5.41, 5.74) is 5.25.